The zero-order chi connectivity index (χ0) is 39.6. The Morgan fingerprint density at radius 1 is 1.04 bits per heavy atom. The fourth-order valence-electron chi connectivity index (χ4n) is 8.77. The molecular formula is C44H58N6O6S. The molecule has 13 heteroatoms. The van der Waals surface area contributed by atoms with Gasteiger partial charge in [-0.1, -0.05) is 49.6 Å². The number of rotatable bonds is 16. The molecule has 2 saturated heterocycles. The molecule has 7 rings (SSSR count). The number of ether oxygens (including phenoxy) is 2. The molecule has 1 spiro atoms. The van der Waals surface area contributed by atoms with Gasteiger partial charge in [-0.05, 0) is 80.8 Å². The molecule has 3 fully saturated rings. The van der Waals surface area contributed by atoms with Crippen LogP contribution in [0.15, 0.2) is 58.7 Å². The number of thiazole rings is 1. The van der Waals surface area contributed by atoms with E-state index >= 15 is 0 Å². The molecule has 2 aliphatic heterocycles. The standard InChI is InChI=1S/C44H58N6O6S/c1-32-46-38(30-57-32)43(54)49-24-27-56-44(31-49)17-21-48(22-18-44)29-34-7-5-6-33(28-34)15-25-55-26-16-41(53)50(36-8-3-2-4-9-36)23-20-45-19-14-35-10-12-39(51)42-37(35)11-13-40(52)47-42/h5-7,10-13,28,30,36,45,51H,2-4,8-9,14-27,29,31H2,1H3,(H,47,52). The van der Waals surface area contributed by atoms with E-state index in [1.807, 2.05) is 23.3 Å². The van der Waals surface area contributed by atoms with E-state index in [0.29, 0.717) is 63.6 Å². The number of amides is 2. The van der Waals surface area contributed by atoms with Crippen molar-refractivity contribution in [3.8, 4) is 5.75 Å². The van der Waals surface area contributed by atoms with E-state index in [2.05, 4.69) is 49.4 Å². The quantitative estimate of drug-likeness (QED) is 0.126. The van der Waals surface area contributed by atoms with E-state index in [1.54, 1.807) is 12.1 Å². The summed E-state index contributed by atoms with van der Waals surface area (Å²) in [6.07, 6.45) is 9.38. The van der Waals surface area contributed by atoms with E-state index < -0.39 is 0 Å². The van der Waals surface area contributed by atoms with Crippen LogP contribution in [0.1, 0.15) is 83.6 Å². The van der Waals surface area contributed by atoms with Gasteiger partial charge in [0.15, 0.2) is 0 Å². The number of aromatic amines is 1. The minimum absolute atomic E-state index is 0.0121. The predicted molar refractivity (Wildman–Crippen MR) is 223 cm³/mol. The van der Waals surface area contributed by atoms with Gasteiger partial charge in [-0.25, -0.2) is 4.98 Å². The highest BCUT2D eigenvalue weighted by molar-refractivity contribution is 7.09. The van der Waals surface area contributed by atoms with E-state index in [-0.39, 0.29) is 34.8 Å². The lowest BCUT2D eigenvalue weighted by Crippen LogP contribution is -2.58. The molecule has 3 N–H and O–H groups in total. The Kier molecular flexibility index (Phi) is 14.1. The molecule has 1 aliphatic carbocycles. The molecule has 2 aromatic heterocycles. The molecule has 0 bridgehead atoms. The molecule has 0 radical (unpaired) electrons. The minimum atomic E-state index is -0.281. The van der Waals surface area contributed by atoms with Crippen LogP contribution in [0.3, 0.4) is 0 Å². The lowest BCUT2D eigenvalue weighted by atomic mass is 9.89. The van der Waals surface area contributed by atoms with E-state index in [4.69, 9.17) is 9.47 Å². The molecule has 4 heterocycles. The number of nitrogens with zero attached hydrogens (tertiary/aromatic N) is 4. The van der Waals surface area contributed by atoms with Gasteiger partial charge in [-0.2, -0.15) is 0 Å². The van der Waals surface area contributed by atoms with Gasteiger partial charge in [0.1, 0.15) is 11.4 Å². The van der Waals surface area contributed by atoms with Gasteiger partial charge in [0.25, 0.3) is 5.91 Å². The third-order valence-corrected chi connectivity index (χ3v) is 12.7. The Hall–Kier alpha value is -4.14. The average molecular weight is 799 g/mol. The summed E-state index contributed by atoms with van der Waals surface area (Å²) in [5.41, 5.74) is 4.06. The first-order chi connectivity index (χ1) is 27.7. The monoisotopic (exact) mass is 798 g/mol. The van der Waals surface area contributed by atoms with Crippen LogP contribution in [0.2, 0.25) is 0 Å². The third-order valence-electron chi connectivity index (χ3n) is 11.9. The SMILES string of the molecule is Cc1nc(C(=O)N2CCOC3(CCN(Cc4cccc(CCOCCC(=O)N(CCNCCc5ccc(O)c6[nH]c(=O)ccc56)C5CCCCC5)c4)CC3)C2)cs1. The fraction of sp³-hybridized carbons (Fsp3) is 0.545. The highest BCUT2D eigenvalue weighted by atomic mass is 32.1. The number of phenols is 1. The van der Waals surface area contributed by atoms with Crippen LogP contribution in [0.4, 0.5) is 0 Å². The second-order valence-electron chi connectivity index (χ2n) is 16.0. The summed E-state index contributed by atoms with van der Waals surface area (Å²) < 4.78 is 12.4. The Labute approximate surface area is 339 Å². The van der Waals surface area contributed by atoms with Crippen LogP contribution in [-0.2, 0) is 33.7 Å². The van der Waals surface area contributed by atoms with E-state index in [1.165, 1.54) is 35.0 Å². The zero-order valence-corrected chi connectivity index (χ0v) is 34.1. The van der Waals surface area contributed by atoms with Gasteiger partial charge in [0, 0.05) is 62.1 Å². The molecule has 306 valence electrons. The highest BCUT2D eigenvalue weighted by Gasteiger charge is 2.41. The smallest absolute Gasteiger partial charge is 0.273 e. The van der Waals surface area contributed by atoms with Crippen LogP contribution in [-0.4, -0.2) is 119 Å². The van der Waals surface area contributed by atoms with Crippen molar-refractivity contribution in [1.82, 2.24) is 30.0 Å². The second-order valence-corrected chi connectivity index (χ2v) is 17.0. The first-order valence-corrected chi connectivity index (χ1v) is 21.7. The summed E-state index contributed by atoms with van der Waals surface area (Å²) in [4.78, 5) is 52.0. The lowest BCUT2D eigenvalue weighted by molar-refractivity contribution is -0.135. The number of morpholine rings is 1. The van der Waals surface area contributed by atoms with Crippen molar-refractivity contribution in [3.63, 3.8) is 0 Å². The fourth-order valence-corrected chi connectivity index (χ4v) is 9.35. The summed E-state index contributed by atoms with van der Waals surface area (Å²) in [5.74, 6) is 0.244. The van der Waals surface area contributed by atoms with Crippen molar-refractivity contribution in [2.45, 2.75) is 89.3 Å². The molecule has 3 aliphatic rings. The summed E-state index contributed by atoms with van der Waals surface area (Å²) in [6, 6.07) is 15.8. The molecule has 4 aromatic rings. The molecule has 1 saturated carbocycles. The van der Waals surface area contributed by atoms with Crippen molar-refractivity contribution in [1.29, 1.82) is 0 Å². The van der Waals surface area contributed by atoms with Crippen LogP contribution in [0.25, 0.3) is 10.9 Å². The number of pyridine rings is 1. The lowest BCUT2D eigenvalue weighted by Gasteiger charge is -2.47. The number of benzene rings is 2. The summed E-state index contributed by atoms with van der Waals surface area (Å²) in [7, 11) is 0. The third kappa shape index (κ3) is 10.9. The summed E-state index contributed by atoms with van der Waals surface area (Å²) >= 11 is 1.51. The number of phenolic OH excluding ortho intramolecular Hbond substituents is 1. The number of aromatic hydroxyl groups is 1. The van der Waals surface area contributed by atoms with Crippen LogP contribution in [0, 0.1) is 6.92 Å². The average Bonchev–Trinajstić information content (AvgIpc) is 3.67. The Balaban J connectivity index is 0.816. The normalized spacial score (nSPS) is 17.7. The number of carbonyl (C=O) groups excluding carboxylic acids is 2. The van der Waals surface area contributed by atoms with Crippen molar-refractivity contribution >= 4 is 34.1 Å². The number of aromatic nitrogens is 2. The van der Waals surface area contributed by atoms with E-state index in [9.17, 15) is 19.5 Å². The number of fused-ring (bicyclic) bond motifs is 1. The number of hydrogen-bond donors (Lipinski definition) is 3. The predicted octanol–water partition coefficient (Wildman–Crippen LogP) is 5.45. The molecule has 0 atom stereocenters. The van der Waals surface area contributed by atoms with Crippen LogP contribution >= 0.6 is 11.3 Å². The zero-order valence-electron chi connectivity index (χ0n) is 33.3. The van der Waals surface area contributed by atoms with Gasteiger partial charge in [-0.3, -0.25) is 19.3 Å². The van der Waals surface area contributed by atoms with Gasteiger partial charge in [-0.15, -0.1) is 11.3 Å². The Bertz CT molecular complexity index is 2020. The molecule has 2 amide bonds. The van der Waals surface area contributed by atoms with Crippen molar-refractivity contribution < 1.29 is 24.2 Å². The topological polar surface area (TPSA) is 140 Å². The molecule has 12 nitrogen and oxygen atoms in total. The summed E-state index contributed by atoms with van der Waals surface area (Å²) in [5, 5.41) is 17.3. The number of carbonyl (C=O) groups is 2. The van der Waals surface area contributed by atoms with Crippen LogP contribution in [0.5, 0.6) is 5.75 Å². The van der Waals surface area contributed by atoms with Crippen LogP contribution < -0.4 is 10.9 Å². The van der Waals surface area contributed by atoms with Crippen molar-refractivity contribution in [2.75, 3.05) is 65.6 Å². The maximum absolute atomic E-state index is 13.5. The molecule has 0 unspecified atom stereocenters. The largest absolute Gasteiger partial charge is 0.506 e. The number of H-pyrrole nitrogens is 1. The molecule has 2 aromatic carbocycles. The number of piperidine rings is 1. The second kappa shape index (κ2) is 19.5. The number of likely N-dealkylation sites (tertiary alicyclic amines) is 1. The number of hydrogen-bond acceptors (Lipinski definition) is 10. The van der Waals surface area contributed by atoms with Crippen molar-refractivity contribution in [2.24, 2.45) is 0 Å². The minimum Gasteiger partial charge on any atom is -0.506 e. The van der Waals surface area contributed by atoms with E-state index in [0.717, 1.165) is 93.5 Å². The Morgan fingerprint density at radius 3 is 2.67 bits per heavy atom. The first-order valence-electron chi connectivity index (χ1n) is 20.8. The van der Waals surface area contributed by atoms with Crippen molar-refractivity contribution in [3.05, 3.63) is 91.7 Å². The first kappa shape index (κ1) is 41.0. The van der Waals surface area contributed by atoms with Gasteiger partial charge < -0.3 is 34.7 Å². The molecule has 57 heavy (non-hydrogen) atoms. The van der Waals surface area contributed by atoms with Gasteiger partial charge >= 0.3 is 0 Å². The van der Waals surface area contributed by atoms with Gasteiger partial charge in [0.05, 0.1) is 48.9 Å². The maximum atomic E-state index is 13.5. The number of aryl methyl sites for hydroxylation is 1. The summed E-state index contributed by atoms with van der Waals surface area (Å²) in [6.45, 7) is 9.53. The molecular weight excluding hydrogens is 741 g/mol. The van der Waals surface area contributed by atoms with Gasteiger partial charge in [0.2, 0.25) is 11.5 Å². The Morgan fingerprint density at radius 2 is 1.86 bits per heavy atom. The number of nitrogens with one attached hydrogen (secondary N) is 2. The highest BCUT2D eigenvalue weighted by Crippen LogP contribution is 2.32. The maximum Gasteiger partial charge on any atom is 0.273 e.